The molecule has 0 bridgehead atoms. The first-order valence-electron chi connectivity index (χ1n) is 8.39. The van der Waals surface area contributed by atoms with Crippen LogP contribution in [0.4, 0.5) is 10.1 Å². The molecule has 3 aromatic rings. The van der Waals surface area contributed by atoms with E-state index < -0.39 is 5.82 Å². The summed E-state index contributed by atoms with van der Waals surface area (Å²) in [5.41, 5.74) is 2.43. The first kappa shape index (κ1) is 20.6. The van der Waals surface area contributed by atoms with E-state index in [2.05, 4.69) is 5.32 Å². The molecule has 28 heavy (non-hydrogen) atoms. The summed E-state index contributed by atoms with van der Waals surface area (Å²) in [6.07, 6.45) is 0. The van der Waals surface area contributed by atoms with Crippen molar-refractivity contribution in [2.75, 3.05) is 12.4 Å². The summed E-state index contributed by atoms with van der Waals surface area (Å²) in [7, 11) is 1.55. The van der Waals surface area contributed by atoms with Crippen LogP contribution in [-0.4, -0.2) is 7.11 Å². The van der Waals surface area contributed by atoms with Gasteiger partial charge in [-0.25, -0.2) is 4.39 Å². The average molecular weight is 441 g/mol. The van der Waals surface area contributed by atoms with Crippen molar-refractivity contribution < 1.29 is 13.9 Å². The van der Waals surface area contributed by atoms with Gasteiger partial charge in [0.15, 0.2) is 11.5 Å². The van der Waals surface area contributed by atoms with Gasteiger partial charge in [0.25, 0.3) is 0 Å². The molecule has 1 N–H and O–H groups in total. The van der Waals surface area contributed by atoms with Crippen molar-refractivity contribution in [2.24, 2.45) is 0 Å². The molecular weight excluding hydrogens is 424 g/mol. The fourth-order valence-corrected chi connectivity index (χ4v) is 3.11. The van der Waals surface area contributed by atoms with Crippen LogP contribution in [0.5, 0.6) is 11.5 Å². The van der Waals surface area contributed by atoms with E-state index in [-0.39, 0.29) is 6.61 Å². The minimum Gasteiger partial charge on any atom is -0.493 e. The van der Waals surface area contributed by atoms with Gasteiger partial charge >= 0.3 is 0 Å². The minimum absolute atomic E-state index is 0.161. The van der Waals surface area contributed by atoms with Gasteiger partial charge in [-0.2, -0.15) is 0 Å². The second-order valence-corrected chi connectivity index (χ2v) is 7.23. The quantitative estimate of drug-likeness (QED) is 0.429. The number of hydrogen-bond acceptors (Lipinski definition) is 3. The number of methoxy groups -OCH3 is 1. The second-order valence-electron chi connectivity index (χ2n) is 5.98. The van der Waals surface area contributed by atoms with E-state index in [0.29, 0.717) is 38.7 Å². The molecule has 0 heterocycles. The predicted octanol–water partition coefficient (Wildman–Crippen LogP) is 6.99. The summed E-state index contributed by atoms with van der Waals surface area (Å²) in [6.45, 7) is 0.662. The number of benzene rings is 3. The zero-order valence-corrected chi connectivity index (χ0v) is 17.2. The van der Waals surface area contributed by atoms with Crippen molar-refractivity contribution in [3.05, 3.63) is 86.6 Å². The normalized spacial score (nSPS) is 10.6. The largest absolute Gasteiger partial charge is 0.493 e. The van der Waals surface area contributed by atoms with Crippen molar-refractivity contribution in [1.82, 2.24) is 0 Å². The number of halogens is 4. The van der Waals surface area contributed by atoms with Crippen LogP contribution in [0.1, 0.15) is 11.1 Å². The van der Waals surface area contributed by atoms with Crippen LogP contribution < -0.4 is 14.8 Å². The fraction of sp³-hybridized carbons (Fsp3) is 0.143. The van der Waals surface area contributed by atoms with E-state index in [4.69, 9.17) is 44.3 Å². The number of hydrogen-bond donors (Lipinski definition) is 1. The molecule has 3 rings (SSSR count). The Morgan fingerprint density at radius 2 is 1.57 bits per heavy atom. The predicted molar refractivity (Wildman–Crippen MR) is 113 cm³/mol. The van der Waals surface area contributed by atoms with Crippen molar-refractivity contribution in [1.29, 1.82) is 0 Å². The zero-order chi connectivity index (χ0) is 20.1. The smallest absolute Gasteiger partial charge is 0.163 e. The number of rotatable bonds is 7. The zero-order valence-electron chi connectivity index (χ0n) is 14.9. The van der Waals surface area contributed by atoms with Crippen LogP contribution in [0, 0.1) is 5.82 Å². The highest BCUT2D eigenvalue weighted by atomic mass is 35.5. The highest BCUT2D eigenvalue weighted by Gasteiger charge is 2.12. The maximum absolute atomic E-state index is 13.2. The first-order chi connectivity index (χ1) is 13.5. The van der Waals surface area contributed by atoms with Gasteiger partial charge in [-0.15, -0.1) is 0 Å². The number of ether oxygens (including phenoxy) is 2. The maximum atomic E-state index is 13.2. The van der Waals surface area contributed by atoms with Crippen LogP contribution in [0.25, 0.3) is 0 Å². The van der Waals surface area contributed by atoms with Crippen LogP contribution in [-0.2, 0) is 13.2 Å². The van der Waals surface area contributed by atoms with Gasteiger partial charge in [0.1, 0.15) is 12.4 Å². The lowest BCUT2D eigenvalue weighted by Gasteiger charge is -2.15. The van der Waals surface area contributed by atoms with Gasteiger partial charge in [0.05, 0.1) is 12.1 Å². The Bertz CT molecular complexity index is 965. The second kappa shape index (κ2) is 9.37. The maximum Gasteiger partial charge on any atom is 0.163 e. The van der Waals surface area contributed by atoms with Gasteiger partial charge in [-0.05, 0) is 48.0 Å². The SMILES string of the molecule is COc1cc(CNc2ccc(Cl)cc2)c(Cl)cc1OCc1ccc(F)cc1Cl. The van der Waals surface area contributed by atoms with Crippen LogP contribution >= 0.6 is 34.8 Å². The standard InChI is InChI=1S/C21H17Cl3FNO2/c1-27-20-8-14(11-26-17-6-3-15(22)4-7-17)19(24)10-21(20)28-12-13-2-5-16(25)9-18(13)23/h2-10,26H,11-12H2,1H3. The third-order valence-corrected chi connectivity index (χ3v) is 5.01. The topological polar surface area (TPSA) is 30.5 Å². The van der Waals surface area contributed by atoms with Gasteiger partial charge in [0, 0.05) is 33.9 Å². The summed E-state index contributed by atoms with van der Waals surface area (Å²) >= 11 is 18.3. The van der Waals surface area contributed by atoms with E-state index in [1.165, 1.54) is 12.1 Å². The van der Waals surface area contributed by atoms with E-state index in [9.17, 15) is 4.39 Å². The summed E-state index contributed by atoms with van der Waals surface area (Å²) in [5.74, 6) is 0.616. The Kier molecular flexibility index (Phi) is 6.89. The van der Waals surface area contributed by atoms with Gasteiger partial charge < -0.3 is 14.8 Å². The Balaban J connectivity index is 1.72. The lowest BCUT2D eigenvalue weighted by atomic mass is 10.2. The highest BCUT2D eigenvalue weighted by molar-refractivity contribution is 6.32. The highest BCUT2D eigenvalue weighted by Crippen LogP contribution is 2.34. The molecule has 0 saturated heterocycles. The lowest BCUT2D eigenvalue weighted by Crippen LogP contribution is -2.03. The Labute approximate surface area is 177 Å². The minimum atomic E-state index is -0.396. The van der Waals surface area contributed by atoms with Crippen LogP contribution in [0.3, 0.4) is 0 Å². The van der Waals surface area contributed by atoms with E-state index in [0.717, 1.165) is 11.3 Å². The molecule has 0 radical (unpaired) electrons. The Morgan fingerprint density at radius 1 is 0.857 bits per heavy atom. The fourth-order valence-electron chi connectivity index (χ4n) is 2.54. The van der Waals surface area contributed by atoms with E-state index >= 15 is 0 Å². The monoisotopic (exact) mass is 439 g/mol. The van der Waals surface area contributed by atoms with Gasteiger partial charge in [-0.1, -0.05) is 40.9 Å². The molecule has 0 aliphatic heterocycles. The van der Waals surface area contributed by atoms with Crippen molar-refractivity contribution >= 4 is 40.5 Å². The Hall–Kier alpha value is -2.14. The van der Waals surface area contributed by atoms with Gasteiger partial charge in [0.2, 0.25) is 0 Å². The lowest BCUT2D eigenvalue weighted by molar-refractivity contribution is 0.284. The molecule has 0 spiro atoms. The third kappa shape index (κ3) is 5.22. The van der Waals surface area contributed by atoms with Crippen molar-refractivity contribution in [3.8, 4) is 11.5 Å². The molecule has 7 heteroatoms. The first-order valence-corrected chi connectivity index (χ1v) is 9.52. The molecule has 0 fully saturated rings. The Morgan fingerprint density at radius 3 is 2.25 bits per heavy atom. The summed E-state index contributed by atoms with van der Waals surface area (Å²) in [6, 6.07) is 15.1. The molecule has 146 valence electrons. The molecule has 0 atom stereocenters. The van der Waals surface area contributed by atoms with Crippen LogP contribution in [0.2, 0.25) is 15.1 Å². The molecule has 0 amide bonds. The molecule has 0 aliphatic carbocycles. The average Bonchev–Trinajstić information content (AvgIpc) is 2.68. The molecular formula is C21H17Cl3FNO2. The van der Waals surface area contributed by atoms with Gasteiger partial charge in [-0.3, -0.25) is 0 Å². The molecule has 0 aromatic heterocycles. The number of anilines is 1. The summed E-state index contributed by atoms with van der Waals surface area (Å²) in [4.78, 5) is 0. The molecule has 0 unspecified atom stereocenters. The molecule has 3 aromatic carbocycles. The number of nitrogens with one attached hydrogen (secondary N) is 1. The molecule has 3 nitrogen and oxygen atoms in total. The third-order valence-electron chi connectivity index (χ3n) is 4.06. The summed E-state index contributed by atoms with van der Waals surface area (Å²) < 4.78 is 24.4. The summed E-state index contributed by atoms with van der Waals surface area (Å²) in [5, 5.41) is 4.78. The molecule has 0 aliphatic rings. The molecule has 0 saturated carbocycles. The van der Waals surface area contributed by atoms with E-state index in [1.807, 2.05) is 30.3 Å². The van der Waals surface area contributed by atoms with Crippen LogP contribution in [0.15, 0.2) is 54.6 Å². The van der Waals surface area contributed by atoms with Crippen molar-refractivity contribution in [2.45, 2.75) is 13.2 Å². The van der Waals surface area contributed by atoms with E-state index in [1.54, 1.807) is 19.2 Å². The van der Waals surface area contributed by atoms with Crippen molar-refractivity contribution in [3.63, 3.8) is 0 Å².